The van der Waals surface area contributed by atoms with E-state index < -0.39 is 21.9 Å². The maximum atomic E-state index is 13.4. The van der Waals surface area contributed by atoms with Gasteiger partial charge in [-0.15, -0.1) is 0 Å². The molecular weight excluding hydrogens is 476 g/mol. The monoisotopic (exact) mass is 504 g/mol. The van der Waals surface area contributed by atoms with Gasteiger partial charge >= 0.3 is 0 Å². The van der Waals surface area contributed by atoms with Gasteiger partial charge in [0.25, 0.3) is 5.91 Å². The van der Waals surface area contributed by atoms with Gasteiger partial charge < -0.3 is 16.5 Å². The molecule has 0 bridgehead atoms. The summed E-state index contributed by atoms with van der Waals surface area (Å²) in [6.07, 6.45) is 1.85. The molecule has 0 aliphatic carbocycles. The summed E-state index contributed by atoms with van der Waals surface area (Å²) in [5.74, 6) is -0.550. The van der Waals surface area contributed by atoms with Gasteiger partial charge in [0, 0.05) is 20.0 Å². The van der Waals surface area contributed by atoms with Gasteiger partial charge in [0.1, 0.15) is 11.3 Å². The van der Waals surface area contributed by atoms with Crippen molar-refractivity contribution in [3.05, 3.63) is 95.3 Å². The summed E-state index contributed by atoms with van der Waals surface area (Å²) in [5.41, 5.74) is 13.7. The highest BCUT2D eigenvalue weighted by atomic mass is 32.2. The number of nitrogens with zero attached hydrogens (tertiary/aromatic N) is 3. The molecule has 0 saturated carbocycles. The second-order valence-corrected chi connectivity index (χ2v) is 10.5. The van der Waals surface area contributed by atoms with Crippen LogP contribution in [0.25, 0.3) is 11.0 Å². The van der Waals surface area contributed by atoms with Gasteiger partial charge in [-0.05, 0) is 36.1 Å². The Hall–Kier alpha value is -4.02. The summed E-state index contributed by atoms with van der Waals surface area (Å²) in [5, 5.41) is 0. The first-order valence-corrected chi connectivity index (χ1v) is 12.9. The molecule has 0 unspecified atom stereocenters. The lowest BCUT2D eigenvalue weighted by Gasteiger charge is -2.17. The van der Waals surface area contributed by atoms with Crippen LogP contribution in [0.1, 0.15) is 27.3 Å². The van der Waals surface area contributed by atoms with Crippen LogP contribution >= 0.6 is 0 Å². The van der Waals surface area contributed by atoms with Crippen molar-refractivity contribution in [1.82, 2.24) is 14.3 Å². The molecule has 3 aromatic carbocycles. The van der Waals surface area contributed by atoms with E-state index in [0.29, 0.717) is 29.7 Å². The highest BCUT2D eigenvalue weighted by Gasteiger charge is 2.25. The summed E-state index contributed by atoms with van der Waals surface area (Å²) in [6.45, 7) is 0.271. The number of nitrogens with one attached hydrogen (secondary N) is 1. The zero-order chi connectivity index (χ0) is 25.7. The number of benzene rings is 3. The summed E-state index contributed by atoms with van der Waals surface area (Å²) in [6, 6.07) is 22.3. The van der Waals surface area contributed by atoms with Crippen molar-refractivity contribution in [3.8, 4) is 0 Å². The lowest BCUT2D eigenvalue weighted by molar-refractivity contribution is 0.100. The fraction of sp³-hybridized carbons (Fsp3) is 0.192. The van der Waals surface area contributed by atoms with E-state index in [9.17, 15) is 13.2 Å². The predicted molar refractivity (Wildman–Crippen MR) is 140 cm³/mol. The Bertz CT molecular complexity index is 1490. The number of hydrogen-bond acceptors (Lipinski definition) is 4. The van der Waals surface area contributed by atoms with Crippen LogP contribution in [0.15, 0.2) is 82.7 Å². The molecule has 5 N–H and O–H groups in total. The number of rotatable bonds is 9. The third-order valence-electron chi connectivity index (χ3n) is 5.83. The zero-order valence-electron chi connectivity index (χ0n) is 19.9. The van der Waals surface area contributed by atoms with Crippen LogP contribution in [0.4, 0.5) is 0 Å². The molecular formula is C26H28N6O3S. The van der Waals surface area contributed by atoms with Gasteiger partial charge in [0.2, 0.25) is 10.0 Å². The van der Waals surface area contributed by atoms with Crippen LogP contribution in [0, 0.1) is 0 Å². The van der Waals surface area contributed by atoms with Gasteiger partial charge in [0.05, 0.1) is 16.0 Å². The Balaban J connectivity index is 1.67. The zero-order valence-corrected chi connectivity index (χ0v) is 20.7. The molecule has 0 saturated heterocycles. The fourth-order valence-corrected chi connectivity index (χ4v) is 5.11. The van der Waals surface area contributed by atoms with Crippen molar-refractivity contribution in [2.75, 3.05) is 13.6 Å². The third-order valence-corrected chi connectivity index (χ3v) is 7.66. The highest BCUT2D eigenvalue weighted by molar-refractivity contribution is 7.89. The first kappa shape index (κ1) is 25.1. The number of imidazole rings is 1. The Labute approximate surface area is 209 Å². The number of aromatic amines is 1. The maximum Gasteiger partial charge on any atom is 0.282 e. The molecule has 0 aliphatic heterocycles. The average Bonchev–Trinajstić information content (AvgIpc) is 3.29. The quantitative estimate of drug-likeness (QED) is 0.236. The average molecular weight is 505 g/mol. The van der Waals surface area contributed by atoms with E-state index in [2.05, 4.69) is 15.0 Å². The Morgan fingerprint density at radius 2 is 1.56 bits per heavy atom. The smallest absolute Gasteiger partial charge is 0.282 e. The fourth-order valence-electron chi connectivity index (χ4n) is 3.89. The Morgan fingerprint density at radius 3 is 2.17 bits per heavy atom. The van der Waals surface area contributed by atoms with E-state index in [1.807, 2.05) is 60.7 Å². The number of carbonyl (C=O) groups is 1. The van der Waals surface area contributed by atoms with Crippen molar-refractivity contribution in [2.45, 2.75) is 24.2 Å². The number of aromatic nitrogens is 2. The van der Waals surface area contributed by atoms with Crippen LogP contribution in [-0.4, -0.2) is 48.2 Å². The number of amides is 1. The van der Waals surface area contributed by atoms with E-state index in [1.165, 1.54) is 23.5 Å². The largest absolute Gasteiger partial charge is 0.370 e. The normalized spacial score (nSPS) is 11.6. The van der Waals surface area contributed by atoms with E-state index in [0.717, 1.165) is 17.5 Å². The molecule has 0 radical (unpaired) electrons. The van der Waals surface area contributed by atoms with Gasteiger partial charge in [-0.2, -0.15) is 4.99 Å². The first-order valence-electron chi connectivity index (χ1n) is 11.4. The van der Waals surface area contributed by atoms with Gasteiger partial charge in [-0.3, -0.25) is 4.79 Å². The number of hydrogen-bond donors (Lipinski definition) is 3. The van der Waals surface area contributed by atoms with Crippen LogP contribution < -0.4 is 11.5 Å². The molecule has 1 aromatic heterocycles. The lowest BCUT2D eigenvalue weighted by atomic mass is 10.1. The number of H-pyrrole nitrogens is 1. The van der Waals surface area contributed by atoms with E-state index in [-0.39, 0.29) is 17.0 Å². The molecule has 0 aliphatic rings. The van der Waals surface area contributed by atoms with Crippen LogP contribution in [-0.2, 0) is 29.3 Å². The number of likely N-dealkylation sites (N-methyl/N-ethyl adjacent to an activating group) is 1. The van der Waals surface area contributed by atoms with E-state index >= 15 is 0 Å². The minimum absolute atomic E-state index is 0.0122. The summed E-state index contributed by atoms with van der Waals surface area (Å²) >= 11 is 0. The molecule has 4 rings (SSSR count). The molecule has 1 heterocycles. The number of carbonyl (C=O) groups excluding carboxylic acids is 1. The number of nitrogens with two attached hydrogens (primary N) is 2. The number of aryl methyl sites for hydroxylation is 2. The highest BCUT2D eigenvalue weighted by Crippen LogP contribution is 2.26. The summed E-state index contributed by atoms with van der Waals surface area (Å²) in [7, 11) is -2.40. The molecule has 0 atom stereocenters. The van der Waals surface area contributed by atoms with E-state index in [4.69, 9.17) is 11.5 Å². The van der Waals surface area contributed by atoms with Crippen LogP contribution in [0.5, 0.6) is 0 Å². The molecule has 1 amide bonds. The standard InChI is InChI=1S/C26H28N6O3S/c1-32(15-14-19-10-6-3-7-11-19)36(34,35)20-16-21(25(33)31-26(27)28)24-22(17-20)29-23(30-24)13-12-18-8-4-2-5-9-18/h2-11,16-17H,12-15H2,1H3,(H,29,30)(H4,27,28,31,33). The Morgan fingerprint density at radius 1 is 0.944 bits per heavy atom. The van der Waals surface area contributed by atoms with Crippen molar-refractivity contribution >= 4 is 32.9 Å². The Kier molecular flexibility index (Phi) is 7.47. The summed E-state index contributed by atoms with van der Waals surface area (Å²) in [4.78, 5) is 24.1. The minimum atomic E-state index is -3.91. The van der Waals surface area contributed by atoms with Gasteiger partial charge in [-0.1, -0.05) is 60.7 Å². The molecule has 0 spiro atoms. The van der Waals surface area contributed by atoms with Crippen LogP contribution in [0.2, 0.25) is 0 Å². The second kappa shape index (κ2) is 10.7. The van der Waals surface area contributed by atoms with Crippen molar-refractivity contribution < 1.29 is 13.2 Å². The molecule has 0 fully saturated rings. The van der Waals surface area contributed by atoms with Crippen LogP contribution in [0.3, 0.4) is 0 Å². The molecule has 36 heavy (non-hydrogen) atoms. The molecule has 9 nitrogen and oxygen atoms in total. The molecule has 10 heteroatoms. The number of guanidine groups is 1. The van der Waals surface area contributed by atoms with E-state index in [1.54, 1.807) is 0 Å². The van der Waals surface area contributed by atoms with Crippen molar-refractivity contribution in [1.29, 1.82) is 0 Å². The van der Waals surface area contributed by atoms with Crippen molar-refractivity contribution in [3.63, 3.8) is 0 Å². The van der Waals surface area contributed by atoms with Gasteiger partial charge in [0.15, 0.2) is 5.96 Å². The lowest BCUT2D eigenvalue weighted by Crippen LogP contribution is -2.29. The third kappa shape index (κ3) is 5.78. The molecule has 4 aromatic rings. The topological polar surface area (TPSA) is 148 Å². The van der Waals surface area contributed by atoms with Gasteiger partial charge in [-0.25, -0.2) is 17.7 Å². The van der Waals surface area contributed by atoms with Crippen molar-refractivity contribution in [2.24, 2.45) is 16.5 Å². The first-order chi connectivity index (χ1) is 17.2. The minimum Gasteiger partial charge on any atom is -0.370 e. The SMILES string of the molecule is CN(CCc1ccccc1)S(=O)(=O)c1cc(C(=O)N=C(N)N)c2nc(CCc3ccccc3)[nH]c2c1. The number of sulfonamides is 1. The summed E-state index contributed by atoms with van der Waals surface area (Å²) < 4.78 is 28.1. The number of aliphatic imine (C=N–C) groups is 1. The number of fused-ring (bicyclic) bond motifs is 1. The molecule has 186 valence electrons. The second-order valence-electron chi connectivity index (χ2n) is 8.44. The predicted octanol–water partition coefficient (Wildman–Crippen LogP) is 2.62. The maximum absolute atomic E-state index is 13.4.